The molecule has 0 unspecified atom stereocenters. The summed E-state index contributed by atoms with van der Waals surface area (Å²) in [5, 5.41) is 7.92. The largest absolute Gasteiger partial charge is 0.370 e. The van der Waals surface area contributed by atoms with Crippen LogP contribution in [-0.2, 0) is 9.53 Å². The molecular formula is C24H33N3O2. The van der Waals surface area contributed by atoms with Crippen molar-refractivity contribution >= 4 is 5.91 Å². The summed E-state index contributed by atoms with van der Waals surface area (Å²) >= 11 is 0. The van der Waals surface area contributed by atoms with Gasteiger partial charge in [0.15, 0.2) is 0 Å². The molecule has 1 amide bonds. The zero-order valence-corrected chi connectivity index (χ0v) is 18.2. The number of rotatable bonds is 3. The Morgan fingerprint density at radius 2 is 2.07 bits per heavy atom. The summed E-state index contributed by atoms with van der Waals surface area (Å²) in [6.07, 6.45) is 4.33. The minimum atomic E-state index is -0.242. The number of ether oxygens (including phenoxy) is 1. The lowest BCUT2D eigenvalue weighted by molar-refractivity contribution is -0.153. The number of carbonyl (C=O) groups excluding carboxylic acids is 1. The van der Waals surface area contributed by atoms with Gasteiger partial charge in [-0.15, -0.1) is 0 Å². The molecule has 2 fully saturated rings. The molecule has 1 aromatic heterocycles. The molecule has 4 rings (SSSR count). The minimum Gasteiger partial charge on any atom is -0.370 e. The maximum atomic E-state index is 12.0. The van der Waals surface area contributed by atoms with Gasteiger partial charge in [0, 0.05) is 30.5 Å². The van der Waals surface area contributed by atoms with Gasteiger partial charge < -0.3 is 10.1 Å². The number of aryl methyl sites for hydroxylation is 2. The lowest BCUT2D eigenvalue weighted by Crippen LogP contribution is -2.60. The van der Waals surface area contributed by atoms with Crippen LogP contribution in [0.4, 0.5) is 0 Å². The van der Waals surface area contributed by atoms with Gasteiger partial charge in [0.2, 0.25) is 5.91 Å². The van der Waals surface area contributed by atoms with Crippen molar-refractivity contribution in [1.82, 2.24) is 15.1 Å². The first-order valence-electron chi connectivity index (χ1n) is 10.8. The summed E-state index contributed by atoms with van der Waals surface area (Å²) in [4.78, 5) is 12.0. The summed E-state index contributed by atoms with van der Waals surface area (Å²) in [6.45, 7) is 10.2. The topological polar surface area (TPSA) is 56.2 Å². The first kappa shape index (κ1) is 20.1. The molecule has 1 saturated heterocycles. The molecule has 5 heteroatoms. The molecule has 1 aromatic carbocycles. The Morgan fingerprint density at radius 1 is 1.28 bits per heavy atom. The molecule has 156 valence electrons. The van der Waals surface area contributed by atoms with Crippen LogP contribution in [0.25, 0.3) is 5.69 Å². The number of aromatic nitrogens is 2. The average Bonchev–Trinajstić information content (AvgIpc) is 2.98. The van der Waals surface area contributed by atoms with E-state index in [2.05, 4.69) is 61.5 Å². The van der Waals surface area contributed by atoms with E-state index in [-0.39, 0.29) is 23.7 Å². The molecule has 1 aliphatic heterocycles. The third-order valence-corrected chi connectivity index (χ3v) is 6.78. The fourth-order valence-corrected chi connectivity index (χ4v) is 5.49. The molecule has 0 radical (unpaired) electrons. The molecular weight excluding hydrogens is 362 g/mol. The maximum absolute atomic E-state index is 12.0. The van der Waals surface area contributed by atoms with Crippen LogP contribution in [0.15, 0.2) is 30.3 Å². The second-order valence-corrected chi connectivity index (χ2v) is 9.42. The van der Waals surface area contributed by atoms with Crippen LogP contribution in [0.1, 0.15) is 69.5 Å². The van der Waals surface area contributed by atoms with E-state index in [9.17, 15) is 4.79 Å². The van der Waals surface area contributed by atoms with Gasteiger partial charge in [-0.1, -0.05) is 25.5 Å². The van der Waals surface area contributed by atoms with Gasteiger partial charge >= 0.3 is 0 Å². The van der Waals surface area contributed by atoms with E-state index >= 15 is 0 Å². The Labute approximate surface area is 173 Å². The molecule has 2 aliphatic rings. The van der Waals surface area contributed by atoms with E-state index < -0.39 is 0 Å². The molecule has 1 aliphatic carbocycles. The third kappa shape index (κ3) is 3.97. The van der Waals surface area contributed by atoms with E-state index in [0.29, 0.717) is 11.8 Å². The van der Waals surface area contributed by atoms with Gasteiger partial charge in [-0.2, -0.15) is 5.10 Å². The maximum Gasteiger partial charge on any atom is 0.217 e. The number of amides is 1. The number of nitrogens with one attached hydrogen (secondary N) is 1. The molecule has 0 bridgehead atoms. The molecule has 29 heavy (non-hydrogen) atoms. The van der Waals surface area contributed by atoms with Crippen molar-refractivity contribution in [2.45, 2.75) is 78.0 Å². The molecule has 2 aromatic rings. The van der Waals surface area contributed by atoms with Gasteiger partial charge in [-0.3, -0.25) is 4.79 Å². The van der Waals surface area contributed by atoms with Gasteiger partial charge in [0.25, 0.3) is 0 Å². The normalized spacial score (nSPS) is 31.9. The van der Waals surface area contributed by atoms with E-state index in [1.165, 1.54) is 6.42 Å². The van der Waals surface area contributed by atoms with Crippen LogP contribution in [0.3, 0.4) is 0 Å². The average molecular weight is 396 g/mol. The number of carbonyl (C=O) groups is 1. The molecule has 1 N–H and O–H groups in total. The summed E-state index contributed by atoms with van der Waals surface area (Å²) in [5.74, 6) is 1.08. The van der Waals surface area contributed by atoms with E-state index in [1.54, 1.807) is 6.92 Å². The SMILES string of the molecule is CC(=O)N[C@]1(C)C[C@H](c2cccc(-n3nc(C)cc3C)c2)O[C@@H]2C[C@H](C)CC[C@H]21. The van der Waals surface area contributed by atoms with E-state index in [1.807, 2.05) is 11.6 Å². The minimum absolute atomic E-state index is 0.0321. The Hall–Kier alpha value is -2.14. The Morgan fingerprint density at radius 3 is 2.76 bits per heavy atom. The monoisotopic (exact) mass is 395 g/mol. The van der Waals surface area contributed by atoms with Crippen molar-refractivity contribution in [2.75, 3.05) is 0 Å². The van der Waals surface area contributed by atoms with Gasteiger partial charge in [0.1, 0.15) is 0 Å². The zero-order chi connectivity index (χ0) is 20.8. The second-order valence-electron chi connectivity index (χ2n) is 9.42. The van der Waals surface area contributed by atoms with Crippen LogP contribution >= 0.6 is 0 Å². The highest BCUT2D eigenvalue weighted by molar-refractivity contribution is 5.73. The van der Waals surface area contributed by atoms with E-state index in [4.69, 9.17) is 4.74 Å². The predicted octanol–water partition coefficient (Wildman–Crippen LogP) is 4.65. The summed E-state index contributed by atoms with van der Waals surface area (Å²) in [6, 6.07) is 10.6. The van der Waals surface area contributed by atoms with E-state index in [0.717, 1.165) is 41.9 Å². The number of nitrogens with zero attached hydrogens (tertiary/aromatic N) is 2. The first-order valence-corrected chi connectivity index (χ1v) is 10.8. The fraction of sp³-hybridized carbons (Fsp3) is 0.583. The quantitative estimate of drug-likeness (QED) is 0.823. The smallest absolute Gasteiger partial charge is 0.217 e. The van der Waals surface area contributed by atoms with Gasteiger partial charge in [0.05, 0.1) is 23.6 Å². The van der Waals surface area contributed by atoms with Crippen LogP contribution in [0, 0.1) is 25.7 Å². The van der Waals surface area contributed by atoms with Crippen LogP contribution in [-0.4, -0.2) is 27.3 Å². The van der Waals surface area contributed by atoms with Crippen molar-refractivity contribution in [3.05, 3.63) is 47.3 Å². The zero-order valence-electron chi connectivity index (χ0n) is 18.2. The van der Waals surface area contributed by atoms with Crippen molar-refractivity contribution in [2.24, 2.45) is 11.8 Å². The Balaban J connectivity index is 1.66. The second kappa shape index (κ2) is 7.60. The fourth-order valence-electron chi connectivity index (χ4n) is 5.49. The highest BCUT2D eigenvalue weighted by Crippen LogP contribution is 2.48. The molecule has 5 nitrogen and oxygen atoms in total. The van der Waals surface area contributed by atoms with Gasteiger partial charge in [-0.25, -0.2) is 4.68 Å². The molecule has 5 atom stereocenters. The number of hydrogen-bond acceptors (Lipinski definition) is 3. The summed E-state index contributed by atoms with van der Waals surface area (Å²) in [7, 11) is 0. The standard InChI is InChI=1S/C24H33N3O2/c1-15-9-10-21-22(11-15)29-23(14-24(21,5)25-18(4)28)19-7-6-8-20(13-19)27-17(3)12-16(2)26-27/h6-8,12-13,15,21-23H,9-11,14H2,1-5H3,(H,25,28)/t15-,21-,22-,23-,24-/m1/s1. The third-order valence-electron chi connectivity index (χ3n) is 6.78. The van der Waals surface area contributed by atoms with Crippen molar-refractivity contribution < 1.29 is 9.53 Å². The van der Waals surface area contributed by atoms with Crippen molar-refractivity contribution in [1.29, 1.82) is 0 Å². The van der Waals surface area contributed by atoms with Crippen LogP contribution < -0.4 is 5.32 Å². The lowest BCUT2D eigenvalue weighted by Gasteiger charge is -2.52. The Bertz CT molecular complexity index is 905. The molecule has 1 saturated carbocycles. The van der Waals surface area contributed by atoms with Crippen molar-refractivity contribution in [3.8, 4) is 5.69 Å². The predicted molar refractivity (Wildman–Crippen MR) is 114 cm³/mol. The number of fused-ring (bicyclic) bond motifs is 1. The highest BCUT2D eigenvalue weighted by atomic mass is 16.5. The van der Waals surface area contributed by atoms with Crippen LogP contribution in [0.2, 0.25) is 0 Å². The lowest BCUT2D eigenvalue weighted by atomic mass is 9.66. The molecule has 0 spiro atoms. The molecule has 2 heterocycles. The van der Waals surface area contributed by atoms with Gasteiger partial charge in [-0.05, 0) is 63.3 Å². The number of benzene rings is 1. The summed E-state index contributed by atoms with van der Waals surface area (Å²) < 4.78 is 8.66. The Kier molecular flexibility index (Phi) is 5.28. The van der Waals surface area contributed by atoms with Crippen molar-refractivity contribution in [3.63, 3.8) is 0 Å². The first-order chi connectivity index (χ1) is 13.7. The number of hydrogen-bond donors (Lipinski definition) is 1. The summed E-state index contributed by atoms with van der Waals surface area (Å²) in [5.41, 5.74) is 4.10. The van der Waals surface area contributed by atoms with Crippen LogP contribution in [0.5, 0.6) is 0 Å². The highest BCUT2D eigenvalue weighted by Gasteiger charge is 2.49.